The largest absolute Gasteiger partial charge is 0.493 e. The molecule has 0 amide bonds. The standard InChI is InChI=1S/C23H26N8O4S/c1-4-35-19-7-6-17(14-18(19)21-27-22(32)20-15(2)26-16(3)31(20)28-21)36(33,34)30-12-10-29(11-13-30)23-24-8-5-9-25-23/h5-9,14H,4,10-13H2,1-3H3,(H,27,28,32). The Kier molecular flexibility index (Phi) is 6.18. The number of hydrogen-bond acceptors (Lipinski definition) is 9. The number of ether oxygens (including phenoxy) is 1. The van der Waals surface area contributed by atoms with Crippen LogP contribution in [0.3, 0.4) is 0 Å². The monoisotopic (exact) mass is 510 g/mol. The highest BCUT2D eigenvalue weighted by Crippen LogP contribution is 2.31. The van der Waals surface area contributed by atoms with Crippen molar-refractivity contribution in [1.29, 1.82) is 0 Å². The lowest BCUT2D eigenvalue weighted by molar-refractivity contribution is 0.341. The summed E-state index contributed by atoms with van der Waals surface area (Å²) in [4.78, 5) is 30.4. The number of sulfonamides is 1. The maximum absolute atomic E-state index is 13.5. The number of aromatic nitrogens is 6. The van der Waals surface area contributed by atoms with Gasteiger partial charge in [-0.3, -0.25) is 4.79 Å². The summed E-state index contributed by atoms with van der Waals surface area (Å²) in [5.74, 6) is 1.74. The van der Waals surface area contributed by atoms with E-state index >= 15 is 0 Å². The van der Waals surface area contributed by atoms with Gasteiger partial charge >= 0.3 is 0 Å². The van der Waals surface area contributed by atoms with E-state index in [-0.39, 0.29) is 29.4 Å². The van der Waals surface area contributed by atoms with Crippen molar-refractivity contribution >= 4 is 21.5 Å². The molecule has 5 rings (SSSR count). The van der Waals surface area contributed by atoms with Gasteiger partial charge in [0.1, 0.15) is 11.6 Å². The zero-order valence-corrected chi connectivity index (χ0v) is 21.0. The summed E-state index contributed by atoms with van der Waals surface area (Å²) in [7, 11) is -3.82. The average Bonchev–Trinajstić information content (AvgIpc) is 3.18. The quantitative estimate of drug-likeness (QED) is 0.408. The Hall–Kier alpha value is -3.84. The van der Waals surface area contributed by atoms with Gasteiger partial charge in [0.25, 0.3) is 5.56 Å². The Balaban J connectivity index is 1.50. The van der Waals surface area contributed by atoms with Gasteiger partial charge in [0, 0.05) is 38.6 Å². The SMILES string of the molecule is CCOc1ccc(S(=O)(=O)N2CCN(c3ncccn3)CC2)cc1-c1nn2c(C)nc(C)c2c(=O)[nH]1. The number of nitrogens with one attached hydrogen (secondary N) is 1. The van der Waals surface area contributed by atoms with Crippen molar-refractivity contribution in [2.24, 2.45) is 0 Å². The van der Waals surface area contributed by atoms with E-state index in [2.05, 4.69) is 25.0 Å². The van der Waals surface area contributed by atoms with Crippen molar-refractivity contribution < 1.29 is 13.2 Å². The second kappa shape index (κ2) is 9.32. The van der Waals surface area contributed by atoms with Crippen LogP contribution in [-0.4, -0.2) is 75.1 Å². The Bertz CT molecular complexity index is 1580. The number of nitrogens with zero attached hydrogens (tertiary/aromatic N) is 7. The van der Waals surface area contributed by atoms with Crippen LogP contribution in [0.25, 0.3) is 16.9 Å². The molecule has 1 N–H and O–H groups in total. The molecule has 0 unspecified atom stereocenters. The molecule has 13 heteroatoms. The Morgan fingerprint density at radius 2 is 1.81 bits per heavy atom. The summed E-state index contributed by atoms with van der Waals surface area (Å²) < 4.78 is 35.7. The molecule has 1 aliphatic rings. The minimum atomic E-state index is -3.82. The number of aryl methyl sites for hydroxylation is 2. The predicted molar refractivity (Wildman–Crippen MR) is 133 cm³/mol. The molecule has 1 saturated heterocycles. The minimum Gasteiger partial charge on any atom is -0.493 e. The summed E-state index contributed by atoms with van der Waals surface area (Å²) in [5.41, 5.74) is 0.916. The number of imidazole rings is 1. The van der Waals surface area contributed by atoms with Crippen molar-refractivity contribution in [3.05, 3.63) is 58.5 Å². The van der Waals surface area contributed by atoms with Crippen LogP contribution in [0.1, 0.15) is 18.4 Å². The first-order valence-corrected chi connectivity index (χ1v) is 13.0. The van der Waals surface area contributed by atoms with Gasteiger partial charge in [-0.2, -0.15) is 4.31 Å². The van der Waals surface area contributed by atoms with Crippen LogP contribution >= 0.6 is 0 Å². The molecule has 3 aromatic heterocycles. The maximum atomic E-state index is 13.5. The van der Waals surface area contributed by atoms with E-state index in [0.717, 1.165) is 0 Å². The third kappa shape index (κ3) is 4.20. The topological polar surface area (TPSA) is 139 Å². The summed E-state index contributed by atoms with van der Waals surface area (Å²) >= 11 is 0. The predicted octanol–water partition coefficient (Wildman–Crippen LogP) is 1.40. The summed E-state index contributed by atoms with van der Waals surface area (Å²) in [6, 6.07) is 6.34. The van der Waals surface area contributed by atoms with E-state index in [1.807, 2.05) is 11.8 Å². The first kappa shape index (κ1) is 23.9. The molecule has 1 aromatic carbocycles. The van der Waals surface area contributed by atoms with Crippen LogP contribution in [0.2, 0.25) is 0 Å². The molecule has 0 aliphatic carbocycles. The van der Waals surface area contributed by atoms with Crippen molar-refractivity contribution in [3.8, 4) is 17.1 Å². The number of fused-ring (bicyclic) bond motifs is 1. The highest BCUT2D eigenvalue weighted by Gasteiger charge is 2.30. The van der Waals surface area contributed by atoms with E-state index in [4.69, 9.17) is 4.74 Å². The third-order valence-electron chi connectivity index (χ3n) is 6.05. The summed E-state index contributed by atoms with van der Waals surface area (Å²) in [6.07, 6.45) is 3.32. The lowest BCUT2D eigenvalue weighted by Gasteiger charge is -2.34. The molecule has 4 aromatic rings. The molecule has 12 nitrogen and oxygen atoms in total. The molecular formula is C23H26N8O4S. The molecule has 0 atom stereocenters. The third-order valence-corrected chi connectivity index (χ3v) is 7.95. The zero-order chi connectivity index (χ0) is 25.4. The van der Waals surface area contributed by atoms with Gasteiger partial charge in [-0.05, 0) is 45.0 Å². The van der Waals surface area contributed by atoms with E-state index in [1.54, 1.807) is 38.4 Å². The number of piperazine rings is 1. The summed E-state index contributed by atoms with van der Waals surface area (Å²) in [6.45, 7) is 7.19. The van der Waals surface area contributed by atoms with Gasteiger partial charge in [-0.25, -0.2) is 27.9 Å². The smallest absolute Gasteiger partial charge is 0.277 e. The molecule has 0 spiro atoms. The van der Waals surface area contributed by atoms with Gasteiger partial charge in [-0.15, -0.1) is 5.10 Å². The van der Waals surface area contributed by atoms with Crippen LogP contribution < -0.4 is 15.2 Å². The van der Waals surface area contributed by atoms with Gasteiger partial charge in [-0.1, -0.05) is 0 Å². The highest BCUT2D eigenvalue weighted by molar-refractivity contribution is 7.89. The van der Waals surface area contributed by atoms with E-state index in [0.29, 0.717) is 54.0 Å². The summed E-state index contributed by atoms with van der Waals surface area (Å²) in [5, 5.41) is 4.54. The normalized spacial score (nSPS) is 14.9. The molecule has 188 valence electrons. The van der Waals surface area contributed by atoms with Crippen molar-refractivity contribution in [2.45, 2.75) is 25.7 Å². The molecular weight excluding hydrogens is 484 g/mol. The fourth-order valence-electron chi connectivity index (χ4n) is 4.32. The van der Waals surface area contributed by atoms with E-state index < -0.39 is 10.0 Å². The fraction of sp³-hybridized carbons (Fsp3) is 0.348. The second-order valence-corrected chi connectivity index (χ2v) is 10.3. The number of aromatic amines is 1. The van der Waals surface area contributed by atoms with Crippen LogP contribution in [0.4, 0.5) is 5.95 Å². The molecule has 1 aliphatic heterocycles. The number of H-pyrrole nitrogens is 1. The first-order valence-electron chi connectivity index (χ1n) is 11.5. The lowest BCUT2D eigenvalue weighted by Crippen LogP contribution is -2.49. The Morgan fingerprint density at radius 1 is 1.08 bits per heavy atom. The maximum Gasteiger partial charge on any atom is 0.277 e. The highest BCUT2D eigenvalue weighted by atomic mass is 32.2. The molecule has 0 bridgehead atoms. The molecule has 1 fully saturated rings. The van der Waals surface area contributed by atoms with E-state index in [9.17, 15) is 13.2 Å². The lowest BCUT2D eigenvalue weighted by atomic mass is 10.2. The molecule has 36 heavy (non-hydrogen) atoms. The van der Waals surface area contributed by atoms with Crippen LogP contribution in [0.15, 0.2) is 46.3 Å². The number of rotatable bonds is 6. The van der Waals surface area contributed by atoms with Crippen molar-refractivity contribution in [3.63, 3.8) is 0 Å². The van der Waals surface area contributed by atoms with Gasteiger partial charge in [0.05, 0.1) is 22.8 Å². The van der Waals surface area contributed by atoms with Crippen LogP contribution in [0, 0.1) is 13.8 Å². The second-order valence-electron chi connectivity index (χ2n) is 8.34. The number of anilines is 1. The molecule has 0 radical (unpaired) electrons. The molecule has 0 saturated carbocycles. The minimum absolute atomic E-state index is 0.0895. The van der Waals surface area contributed by atoms with Crippen LogP contribution in [-0.2, 0) is 10.0 Å². The van der Waals surface area contributed by atoms with Gasteiger partial charge in [0.15, 0.2) is 11.3 Å². The van der Waals surface area contributed by atoms with Crippen LogP contribution in [0.5, 0.6) is 5.75 Å². The van der Waals surface area contributed by atoms with Gasteiger partial charge < -0.3 is 14.6 Å². The zero-order valence-electron chi connectivity index (χ0n) is 20.2. The Labute approximate surface area is 207 Å². The number of benzene rings is 1. The average molecular weight is 511 g/mol. The number of hydrogen-bond donors (Lipinski definition) is 1. The van der Waals surface area contributed by atoms with Gasteiger partial charge in [0.2, 0.25) is 16.0 Å². The fourth-order valence-corrected chi connectivity index (χ4v) is 5.77. The Morgan fingerprint density at radius 3 is 2.50 bits per heavy atom. The first-order chi connectivity index (χ1) is 17.3. The van der Waals surface area contributed by atoms with Crippen molar-refractivity contribution in [1.82, 2.24) is 33.9 Å². The van der Waals surface area contributed by atoms with E-state index in [1.165, 1.54) is 21.0 Å². The van der Waals surface area contributed by atoms with Crippen molar-refractivity contribution in [2.75, 3.05) is 37.7 Å². The molecule has 4 heterocycles.